The Bertz CT molecular complexity index is 364. The van der Waals surface area contributed by atoms with Crippen molar-refractivity contribution in [3.63, 3.8) is 0 Å². The maximum absolute atomic E-state index is 10.8. The lowest BCUT2D eigenvalue weighted by Crippen LogP contribution is -2.17. The zero-order chi connectivity index (χ0) is 8.65. The van der Waals surface area contributed by atoms with Gasteiger partial charge >= 0.3 is 0 Å². The third kappa shape index (κ3) is 1.22. The molecule has 0 saturated carbocycles. The van der Waals surface area contributed by atoms with Gasteiger partial charge in [0.25, 0.3) is 15.9 Å². The number of hydrogen-bond donors (Lipinski definition) is 2. The number of sulfonamides is 1. The van der Waals surface area contributed by atoms with Crippen molar-refractivity contribution in [3.05, 3.63) is 11.0 Å². The fraction of sp³-hybridized carbons (Fsp3) is 0. The van der Waals surface area contributed by atoms with Gasteiger partial charge in [-0.1, -0.05) is 0 Å². The predicted octanol–water partition coefficient (Wildman–Crippen LogP) is -1.94. The number of nitrogens with two attached hydrogens (primary N) is 2. The number of nitrogens with zero attached hydrogens (tertiary/aromatic N) is 1. The lowest BCUT2D eigenvalue weighted by molar-refractivity contribution is -0.113. The average Bonchev–Trinajstić information content (AvgIpc) is 2.04. The van der Waals surface area contributed by atoms with Crippen LogP contribution < -0.4 is 11.5 Å². The molecule has 0 radical (unpaired) electrons. The number of rotatable bonds is 1. The molecule has 11 heavy (non-hydrogen) atoms. The first-order valence-corrected chi connectivity index (χ1v) is 3.99. The van der Waals surface area contributed by atoms with Gasteiger partial charge in [-0.2, -0.15) is 8.42 Å². The third-order valence-corrected chi connectivity index (χ3v) is 2.35. The molecule has 1 amide bonds. The number of amides is 1. The molecule has 4 N–H and O–H groups in total. The monoisotopic (exact) mass is 175 g/mol. The number of hydrogen-bond acceptors (Lipinski definition) is 4. The van der Waals surface area contributed by atoms with Crippen molar-refractivity contribution >= 4 is 21.8 Å². The first-order chi connectivity index (χ1) is 4.93. The Labute approximate surface area is 62.6 Å². The van der Waals surface area contributed by atoms with E-state index in [1.54, 1.807) is 0 Å². The maximum atomic E-state index is 10.8. The van der Waals surface area contributed by atoms with Crippen molar-refractivity contribution in [1.29, 1.82) is 0 Å². The Balaban J connectivity index is 3.26. The van der Waals surface area contributed by atoms with E-state index in [2.05, 4.69) is 4.40 Å². The third-order valence-electron chi connectivity index (χ3n) is 1.03. The van der Waals surface area contributed by atoms with E-state index in [-0.39, 0.29) is 5.84 Å². The zero-order valence-corrected chi connectivity index (χ0v) is 6.13. The van der Waals surface area contributed by atoms with Crippen molar-refractivity contribution in [1.82, 2.24) is 0 Å². The van der Waals surface area contributed by atoms with Crippen LogP contribution in [0, 0.1) is 0 Å². The van der Waals surface area contributed by atoms with Crippen LogP contribution in [0.3, 0.4) is 0 Å². The molecule has 0 spiro atoms. The van der Waals surface area contributed by atoms with Crippen LogP contribution >= 0.6 is 0 Å². The van der Waals surface area contributed by atoms with Crippen LogP contribution in [0.1, 0.15) is 0 Å². The fourth-order valence-electron chi connectivity index (χ4n) is 0.621. The summed E-state index contributed by atoms with van der Waals surface area (Å²) in [6, 6.07) is 0. The van der Waals surface area contributed by atoms with E-state index in [1.165, 1.54) is 0 Å². The van der Waals surface area contributed by atoms with Gasteiger partial charge in [-0.25, -0.2) is 0 Å². The second kappa shape index (κ2) is 2.06. The second-order valence-corrected chi connectivity index (χ2v) is 3.44. The molecule has 7 heteroatoms. The van der Waals surface area contributed by atoms with Crippen LogP contribution in [0.15, 0.2) is 15.4 Å². The molecule has 1 heterocycles. The molecule has 1 aliphatic heterocycles. The van der Waals surface area contributed by atoms with Gasteiger partial charge in [0.1, 0.15) is 5.84 Å². The van der Waals surface area contributed by atoms with Crippen LogP contribution in [0.25, 0.3) is 0 Å². The van der Waals surface area contributed by atoms with Gasteiger partial charge in [-0.3, -0.25) is 4.79 Å². The van der Waals surface area contributed by atoms with Gasteiger partial charge in [0, 0.05) is 6.08 Å². The number of primary amides is 1. The smallest absolute Gasteiger partial charge is 0.289 e. The molecule has 0 atom stereocenters. The SMILES string of the molecule is NC(=O)C1=CC(N)=NS1(=O)=O. The molecule has 1 aliphatic rings. The highest BCUT2D eigenvalue weighted by atomic mass is 32.2. The molecule has 0 aliphatic carbocycles. The molecule has 0 aromatic heterocycles. The van der Waals surface area contributed by atoms with Gasteiger partial charge < -0.3 is 11.5 Å². The van der Waals surface area contributed by atoms with Crippen LogP contribution in [-0.2, 0) is 14.8 Å². The highest BCUT2D eigenvalue weighted by Gasteiger charge is 2.27. The fourth-order valence-corrected chi connectivity index (χ4v) is 1.57. The highest BCUT2D eigenvalue weighted by molar-refractivity contribution is 7.95. The summed E-state index contributed by atoms with van der Waals surface area (Å²) >= 11 is 0. The summed E-state index contributed by atoms with van der Waals surface area (Å²) < 4.78 is 24.6. The molecule has 0 aromatic rings. The minimum absolute atomic E-state index is 0.223. The van der Waals surface area contributed by atoms with E-state index in [0.29, 0.717) is 0 Å². The van der Waals surface area contributed by atoms with Gasteiger partial charge in [-0.05, 0) is 0 Å². The van der Waals surface area contributed by atoms with E-state index in [0.717, 1.165) is 6.08 Å². The Morgan fingerprint density at radius 1 is 1.55 bits per heavy atom. The summed E-state index contributed by atoms with van der Waals surface area (Å²) in [5.41, 5.74) is 9.75. The van der Waals surface area contributed by atoms with Crippen LogP contribution in [-0.4, -0.2) is 20.2 Å². The van der Waals surface area contributed by atoms with Gasteiger partial charge in [0.2, 0.25) is 0 Å². The van der Waals surface area contributed by atoms with Gasteiger partial charge in [-0.15, -0.1) is 4.40 Å². The standard InChI is InChI=1S/C4H5N3O3S/c5-3-1-2(4(6)8)11(9,10)7-3/h1H,(H2,5,7)(H2,6,8). The van der Waals surface area contributed by atoms with E-state index in [9.17, 15) is 13.2 Å². The normalized spacial score (nSPS) is 20.7. The van der Waals surface area contributed by atoms with Crippen molar-refractivity contribution < 1.29 is 13.2 Å². The Morgan fingerprint density at radius 3 is 2.27 bits per heavy atom. The van der Waals surface area contributed by atoms with E-state index in [4.69, 9.17) is 11.5 Å². The summed E-state index contributed by atoms with van der Waals surface area (Å²) in [6.07, 6.45) is 0.928. The predicted molar refractivity (Wildman–Crippen MR) is 37.8 cm³/mol. The summed E-state index contributed by atoms with van der Waals surface area (Å²) in [7, 11) is -3.89. The topological polar surface area (TPSA) is 116 Å². The van der Waals surface area contributed by atoms with Crippen LogP contribution in [0.5, 0.6) is 0 Å². The molecule has 0 saturated heterocycles. The molecule has 0 bridgehead atoms. The molecule has 0 fully saturated rings. The summed E-state index contributed by atoms with van der Waals surface area (Å²) in [4.78, 5) is 9.85. The molecule has 0 unspecified atom stereocenters. The van der Waals surface area contributed by atoms with Crippen molar-refractivity contribution in [2.75, 3.05) is 0 Å². The molecular weight excluding hydrogens is 170 g/mol. The van der Waals surface area contributed by atoms with Crippen molar-refractivity contribution in [2.24, 2.45) is 15.9 Å². The summed E-state index contributed by atoms with van der Waals surface area (Å²) in [5.74, 6) is -1.27. The van der Waals surface area contributed by atoms with Crippen LogP contribution in [0.4, 0.5) is 0 Å². The highest BCUT2D eigenvalue weighted by Crippen LogP contribution is 2.13. The van der Waals surface area contributed by atoms with Crippen molar-refractivity contribution in [2.45, 2.75) is 0 Å². The molecular formula is C4H5N3O3S. The minimum atomic E-state index is -3.89. The number of amidine groups is 1. The summed E-state index contributed by atoms with van der Waals surface area (Å²) in [6.45, 7) is 0. The molecule has 1 rings (SSSR count). The first kappa shape index (κ1) is 7.73. The largest absolute Gasteiger partial charge is 0.383 e. The number of carbonyl (C=O) groups is 1. The van der Waals surface area contributed by atoms with Crippen LogP contribution in [0.2, 0.25) is 0 Å². The zero-order valence-electron chi connectivity index (χ0n) is 5.31. The maximum Gasteiger partial charge on any atom is 0.289 e. The Kier molecular flexibility index (Phi) is 1.45. The Hall–Kier alpha value is -1.37. The second-order valence-electron chi connectivity index (χ2n) is 1.86. The van der Waals surface area contributed by atoms with Gasteiger partial charge in [0.05, 0.1) is 0 Å². The summed E-state index contributed by atoms with van der Waals surface area (Å²) in [5, 5.41) is 0. The average molecular weight is 175 g/mol. The lowest BCUT2D eigenvalue weighted by atomic mass is 10.4. The Morgan fingerprint density at radius 2 is 2.09 bits per heavy atom. The van der Waals surface area contributed by atoms with E-state index < -0.39 is 20.8 Å². The number of carbonyl (C=O) groups excluding carboxylic acids is 1. The van der Waals surface area contributed by atoms with Crippen molar-refractivity contribution in [3.8, 4) is 0 Å². The lowest BCUT2D eigenvalue weighted by Gasteiger charge is -1.90. The molecule has 6 nitrogen and oxygen atoms in total. The van der Waals surface area contributed by atoms with E-state index in [1.807, 2.05) is 0 Å². The first-order valence-electron chi connectivity index (χ1n) is 2.55. The van der Waals surface area contributed by atoms with Gasteiger partial charge in [0.15, 0.2) is 4.91 Å². The quantitative estimate of drug-likeness (QED) is 0.482. The van der Waals surface area contributed by atoms with E-state index >= 15 is 0 Å². The molecule has 0 aromatic carbocycles. The minimum Gasteiger partial charge on any atom is -0.383 e. The molecule has 60 valence electrons.